The number of nitrogens with zero attached hydrogens (tertiary/aromatic N) is 6. The summed E-state index contributed by atoms with van der Waals surface area (Å²) in [6, 6.07) is 3.49. The van der Waals surface area contributed by atoms with E-state index in [4.69, 9.17) is 4.52 Å². The van der Waals surface area contributed by atoms with E-state index < -0.39 is 0 Å². The average Bonchev–Trinajstić information content (AvgIpc) is 3.13. The highest BCUT2D eigenvalue weighted by Gasteiger charge is 2.14. The Kier molecular flexibility index (Phi) is 3.82. The van der Waals surface area contributed by atoms with Crippen molar-refractivity contribution < 1.29 is 4.52 Å². The molecule has 0 radical (unpaired) electrons. The van der Waals surface area contributed by atoms with Gasteiger partial charge in [0.2, 0.25) is 0 Å². The Balaban J connectivity index is 1.88. The van der Waals surface area contributed by atoms with Gasteiger partial charge in [-0.3, -0.25) is 4.79 Å². The molecule has 0 amide bonds. The van der Waals surface area contributed by atoms with E-state index in [2.05, 4.69) is 34.3 Å². The standard InChI is InChI=1S/C14H16N6O2/c1-10(2)8-19-6-3-4-11(14(19)21)13-16-12(17-22-13)9-20-7-5-15-18-20/h3-7,10H,8-9H2,1-2H3. The second-order valence-electron chi connectivity index (χ2n) is 5.39. The van der Waals surface area contributed by atoms with Crippen LogP contribution in [0.1, 0.15) is 19.7 Å². The van der Waals surface area contributed by atoms with Crippen LogP contribution in [0.4, 0.5) is 0 Å². The third-order valence-electron chi connectivity index (χ3n) is 3.06. The van der Waals surface area contributed by atoms with E-state index in [1.165, 1.54) is 0 Å². The molecule has 0 fully saturated rings. The molecule has 0 unspecified atom stereocenters. The fourth-order valence-electron chi connectivity index (χ4n) is 2.13. The molecular weight excluding hydrogens is 284 g/mol. The Bertz CT molecular complexity index is 803. The summed E-state index contributed by atoms with van der Waals surface area (Å²) in [6.45, 7) is 5.10. The predicted molar refractivity (Wildman–Crippen MR) is 78.0 cm³/mol. The van der Waals surface area contributed by atoms with E-state index in [0.29, 0.717) is 30.4 Å². The maximum Gasteiger partial charge on any atom is 0.263 e. The van der Waals surface area contributed by atoms with Gasteiger partial charge in [0.15, 0.2) is 5.82 Å². The van der Waals surface area contributed by atoms with Crippen LogP contribution in [0.15, 0.2) is 40.0 Å². The summed E-state index contributed by atoms with van der Waals surface area (Å²) in [6.07, 6.45) is 5.04. The Morgan fingerprint density at radius 1 is 1.32 bits per heavy atom. The van der Waals surface area contributed by atoms with Gasteiger partial charge < -0.3 is 9.09 Å². The number of rotatable bonds is 5. The fraction of sp³-hybridized carbons (Fsp3) is 0.357. The lowest BCUT2D eigenvalue weighted by Gasteiger charge is -2.08. The summed E-state index contributed by atoms with van der Waals surface area (Å²) in [5.41, 5.74) is 0.271. The molecule has 0 aromatic carbocycles. The largest absolute Gasteiger partial charge is 0.334 e. The number of pyridine rings is 1. The van der Waals surface area contributed by atoms with Gasteiger partial charge in [0.05, 0.1) is 6.20 Å². The third kappa shape index (κ3) is 2.95. The van der Waals surface area contributed by atoms with Crippen LogP contribution in [0.5, 0.6) is 0 Å². The Morgan fingerprint density at radius 3 is 2.91 bits per heavy atom. The van der Waals surface area contributed by atoms with Gasteiger partial charge in [-0.1, -0.05) is 24.2 Å². The minimum Gasteiger partial charge on any atom is -0.334 e. The highest BCUT2D eigenvalue weighted by atomic mass is 16.5. The van der Waals surface area contributed by atoms with Crippen molar-refractivity contribution in [3.05, 3.63) is 46.9 Å². The van der Waals surface area contributed by atoms with Gasteiger partial charge in [-0.05, 0) is 18.1 Å². The van der Waals surface area contributed by atoms with E-state index in [9.17, 15) is 4.79 Å². The van der Waals surface area contributed by atoms with Crippen LogP contribution in [-0.2, 0) is 13.1 Å². The highest BCUT2D eigenvalue weighted by Crippen LogP contribution is 2.13. The zero-order chi connectivity index (χ0) is 15.5. The second-order valence-corrected chi connectivity index (χ2v) is 5.39. The number of hydrogen-bond acceptors (Lipinski definition) is 6. The van der Waals surface area contributed by atoms with E-state index >= 15 is 0 Å². The smallest absolute Gasteiger partial charge is 0.263 e. The summed E-state index contributed by atoms with van der Waals surface area (Å²) in [5.74, 6) is 1.04. The summed E-state index contributed by atoms with van der Waals surface area (Å²) in [4.78, 5) is 16.7. The second kappa shape index (κ2) is 5.92. The van der Waals surface area contributed by atoms with Crippen LogP contribution >= 0.6 is 0 Å². The van der Waals surface area contributed by atoms with Gasteiger partial charge in [0.25, 0.3) is 11.4 Å². The molecule has 0 saturated carbocycles. The summed E-state index contributed by atoms with van der Waals surface area (Å²) in [5, 5.41) is 11.4. The SMILES string of the molecule is CC(C)Cn1cccc(-c2nc(Cn3ccnn3)no2)c1=O. The normalized spacial score (nSPS) is 11.2. The monoisotopic (exact) mass is 300 g/mol. The molecule has 0 saturated heterocycles. The first-order chi connectivity index (χ1) is 10.6. The molecule has 0 aliphatic carbocycles. The van der Waals surface area contributed by atoms with Gasteiger partial charge in [-0.2, -0.15) is 4.98 Å². The molecule has 0 spiro atoms. The van der Waals surface area contributed by atoms with Crippen molar-refractivity contribution in [1.82, 2.24) is 29.7 Å². The fourth-order valence-corrected chi connectivity index (χ4v) is 2.13. The molecule has 8 heteroatoms. The van der Waals surface area contributed by atoms with Gasteiger partial charge >= 0.3 is 0 Å². The molecule has 0 aliphatic heterocycles. The Morgan fingerprint density at radius 2 is 2.18 bits per heavy atom. The number of aromatic nitrogens is 6. The van der Waals surface area contributed by atoms with Crippen molar-refractivity contribution in [1.29, 1.82) is 0 Å². The van der Waals surface area contributed by atoms with E-state index in [0.717, 1.165) is 0 Å². The minimum absolute atomic E-state index is 0.132. The summed E-state index contributed by atoms with van der Waals surface area (Å²) < 4.78 is 8.44. The third-order valence-corrected chi connectivity index (χ3v) is 3.06. The van der Waals surface area contributed by atoms with Crippen molar-refractivity contribution in [2.45, 2.75) is 26.9 Å². The molecule has 3 heterocycles. The first-order valence-corrected chi connectivity index (χ1v) is 7.00. The highest BCUT2D eigenvalue weighted by molar-refractivity contribution is 5.50. The summed E-state index contributed by atoms with van der Waals surface area (Å²) in [7, 11) is 0. The first-order valence-electron chi connectivity index (χ1n) is 7.00. The topological polar surface area (TPSA) is 91.6 Å². The minimum atomic E-state index is -0.132. The molecule has 0 atom stereocenters. The maximum absolute atomic E-state index is 12.4. The van der Waals surface area contributed by atoms with Crippen LogP contribution in [0.3, 0.4) is 0 Å². The molecule has 3 rings (SSSR count). The van der Waals surface area contributed by atoms with Crippen LogP contribution < -0.4 is 5.56 Å². The van der Waals surface area contributed by atoms with Crippen LogP contribution in [0, 0.1) is 5.92 Å². The lowest BCUT2D eigenvalue weighted by molar-refractivity contribution is 0.417. The van der Waals surface area contributed by atoms with E-state index in [-0.39, 0.29) is 11.4 Å². The molecule has 3 aromatic rings. The average molecular weight is 300 g/mol. The number of hydrogen-bond donors (Lipinski definition) is 0. The lowest BCUT2D eigenvalue weighted by atomic mass is 10.2. The zero-order valence-electron chi connectivity index (χ0n) is 12.4. The predicted octanol–water partition coefficient (Wildman–Crippen LogP) is 1.19. The molecule has 0 aliphatic rings. The first kappa shape index (κ1) is 14.2. The van der Waals surface area contributed by atoms with Gasteiger partial charge in [-0.25, -0.2) is 4.68 Å². The van der Waals surface area contributed by atoms with Crippen molar-refractivity contribution in [3.8, 4) is 11.5 Å². The molecule has 3 aromatic heterocycles. The van der Waals surface area contributed by atoms with Crippen LogP contribution in [0.2, 0.25) is 0 Å². The summed E-state index contributed by atoms with van der Waals surface area (Å²) >= 11 is 0. The van der Waals surface area contributed by atoms with Crippen molar-refractivity contribution in [3.63, 3.8) is 0 Å². The van der Waals surface area contributed by atoms with Crippen molar-refractivity contribution in [2.24, 2.45) is 5.92 Å². The molecule has 114 valence electrons. The zero-order valence-corrected chi connectivity index (χ0v) is 12.4. The van der Waals surface area contributed by atoms with E-state index in [1.807, 2.05) is 0 Å². The molecular formula is C14H16N6O2. The lowest BCUT2D eigenvalue weighted by Crippen LogP contribution is -2.23. The van der Waals surface area contributed by atoms with Crippen molar-refractivity contribution in [2.75, 3.05) is 0 Å². The van der Waals surface area contributed by atoms with Gasteiger partial charge in [-0.15, -0.1) is 5.10 Å². The van der Waals surface area contributed by atoms with Crippen LogP contribution in [-0.4, -0.2) is 29.7 Å². The van der Waals surface area contributed by atoms with Crippen LogP contribution in [0.25, 0.3) is 11.5 Å². The molecule has 8 nitrogen and oxygen atoms in total. The molecule has 0 bridgehead atoms. The van der Waals surface area contributed by atoms with E-state index in [1.54, 1.807) is 40.0 Å². The van der Waals surface area contributed by atoms with Crippen molar-refractivity contribution >= 4 is 0 Å². The Labute approximate surface area is 126 Å². The van der Waals surface area contributed by atoms with Gasteiger partial charge in [0, 0.05) is 18.9 Å². The maximum atomic E-state index is 12.4. The quantitative estimate of drug-likeness (QED) is 0.703. The molecule has 22 heavy (non-hydrogen) atoms. The Hall–Kier alpha value is -2.77. The molecule has 0 N–H and O–H groups in total. The van der Waals surface area contributed by atoms with Gasteiger partial charge in [0.1, 0.15) is 12.1 Å².